The fourth-order valence-electron chi connectivity index (χ4n) is 9.04. The third-order valence-electron chi connectivity index (χ3n) is 12.6. The molecule has 0 saturated heterocycles. The van der Waals surface area contributed by atoms with Crippen LogP contribution in [0.25, 0.3) is 0 Å². The van der Waals surface area contributed by atoms with Crippen LogP contribution in [0.5, 0.6) is 0 Å². The number of Topliss-reactive ketones (excluding diaryl/α,β-unsaturated/α-hetero) is 1. The smallest absolute Gasteiger partial charge is 0.137 e. The molecule has 250 valence electrons. The van der Waals surface area contributed by atoms with E-state index in [9.17, 15) is 20.1 Å². The highest BCUT2D eigenvalue weighted by atomic mass is 16.3. The van der Waals surface area contributed by atoms with E-state index in [0.717, 1.165) is 83.5 Å². The molecule has 4 heteroatoms. The monoisotopic (exact) mass is 610 g/mol. The van der Waals surface area contributed by atoms with Gasteiger partial charge in [0.05, 0.1) is 17.3 Å². The normalized spacial score (nSPS) is 32.2. The van der Waals surface area contributed by atoms with Crippen LogP contribution in [0.2, 0.25) is 0 Å². The van der Waals surface area contributed by atoms with Crippen molar-refractivity contribution < 1.29 is 20.1 Å². The van der Waals surface area contributed by atoms with Gasteiger partial charge in [0.25, 0.3) is 0 Å². The summed E-state index contributed by atoms with van der Waals surface area (Å²) >= 11 is 0. The van der Waals surface area contributed by atoms with Crippen molar-refractivity contribution in [2.75, 3.05) is 0 Å². The van der Waals surface area contributed by atoms with Crippen LogP contribution in [0.3, 0.4) is 0 Å². The second-order valence-corrected chi connectivity index (χ2v) is 15.3. The van der Waals surface area contributed by atoms with E-state index in [-0.39, 0.29) is 22.9 Å². The second-order valence-electron chi connectivity index (χ2n) is 15.3. The molecule has 2 unspecified atom stereocenters. The summed E-state index contributed by atoms with van der Waals surface area (Å²) in [5, 5.41) is 31.0. The van der Waals surface area contributed by atoms with Crippen molar-refractivity contribution in [1.82, 2.24) is 0 Å². The van der Waals surface area contributed by atoms with Crippen molar-refractivity contribution in [2.24, 2.45) is 34.5 Å². The first-order chi connectivity index (χ1) is 20.7. The Labute approximate surface area is 270 Å². The van der Waals surface area contributed by atoms with Crippen LogP contribution < -0.4 is 0 Å². The van der Waals surface area contributed by atoms with Crippen molar-refractivity contribution in [3.63, 3.8) is 0 Å². The summed E-state index contributed by atoms with van der Waals surface area (Å²) in [6.07, 6.45) is 26.1. The van der Waals surface area contributed by atoms with E-state index in [4.69, 9.17) is 0 Å². The lowest BCUT2D eigenvalue weighted by molar-refractivity contribution is -0.128. The van der Waals surface area contributed by atoms with Gasteiger partial charge < -0.3 is 15.3 Å². The number of rotatable bonds is 12. The summed E-state index contributed by atoms with van der Waals surface area (Å²) < 4.78 is 0. The minimum atomic E-state index is -0.656. The van der Waals surface area contributed by atoms with Gasteiger partial charge in [-0.1, -0.05) is 103 Å². The molecule has 0 aromatic carbocycles. The fourth-order valence-corrected chi connectivity index (χ4v) is 9.04. The van der Waals surface area contributed by atoms with Gasteiger partial charge in [-0.2, -0.15) is 0 Å². The van der Waals surface area contributed by atoms with Crippen LogP contribution in [0, 0.1) is 34.5 Å². The Bertz CT molecular complexity index is 1070. The van der Waals surface area contributed by atoms with Gasteiger partial charge in [0.15, 0.2) is 0 Å². The summed E-state index contributed by atoms with van der Waals surface area (Å²) in [6, 6.07) is 0. The van der Waals surface area contributed by atoms with Crippen molar-refractivity contribution in [3.8, 4) is 0 Å². The van der Waals surface area contributed by atoms with Gasteiger partial charge in [-0.15, -0.1) is 0 Å². The number of allylic oxidation sites excluding steroid dienone is 6. The van der Waals surface area contributed by atoms with E-state index in [1.165, 1.54) is 17.6 Å². The number of aliphatic hydroxyl groups is 3. The minimum Gasteiger partial charge on any atom is -0.393 e. The van der Waals surface area contributed by atoms with Crippen molar-refractivity contribution in [1.29, 1.82) is 0 Å². The number of hydrogen-bond acceptors (Lipinski definition) is 4. The lowest BCUT2D eigenvalue weighted by Crippen LogP contribution is -2.39. The molecule has 0 aromatic heterocycles. The molecular weight excluding hydrogens is 544 g/mol. The van der Waals surface area contributed by atoms with E-state index in [1.807, 2.05) is 39.8 Å². The summed E-state index contributed by atoms with van der Waals surface area (Å²) in [7, 11) is 0. The molecule has 0 heterocycles. The number of fused-ring (bicyclic) bond motifs is 2. The number of carbonyl (C=O) groups is 1. The van der Waals surface area contributed by atoms with Crippen LogP contribution >= 0.6 is 0 Å². The first kappa shape index (κ1) is 37.0. The van der Waals surface area contributed by atoms with Gasteiger partial charge in [-0.25, -0.2) is 0 Å². The van der Waals surface area contributed by atoms with Gasteiger partial charge in [-0.05, 0) is 112 Å². The average Bonchev–Trinajstić information content (AvgIpc) is 3.55. The molecule has 0 aliphatic heterocycles. The van der Waals surface area contributed by atoms with Crippen molar-refractivity contribution in [3.05, 3.63) is 47.6 Å². The molecule has 4 rings (SSSR count). The maximum Gasteiger partial charge on any atom is 0.137 e. The third-order valence-corrected chi connectivity index (χ3v) is 12.6. The highest BCUT2D eigenvalue weighted by molar-refractivity contribution is 5.84. The fraction of sp³-hybridized carbons (Fsp3) is 0.775. The summed E-state index contributed by atoms with van der Waals surface area (Å²) in [5.74, 6) is 2.07. The summed E-state index contributed by atoms with van der Waals surface area (Å²) in [5.41, 5.74) is 2.00. The predicted octanol–water partition coefficient (Wildman–Crippen LogP) is 9.44. The molecule has 0 radical (unpaired) electrons. The molecule has 3 N–H and O–H groups in total. The highest BCUT2D eigenvalue weighted by Crippen LogP contribution is 2.55. The molecule has 7 atom stereocenters. The van der Waals surface area contributed by atoms with Gasteiger partial charge in [0.2, 0.25) is 0 Å². The average molecular weight is 611 g/mol. The zero-order valence-corrected chi connectivity index (χ0v) is 29.5. The summed E-state index contributed by atoms with van der Waals surface area (Å²) in [6.45, 7) is 17.3. The predicted molar refractivity (Wildman–Crippen MR) is 184 cm³/mol. The molecule has 0 bridgehead atoms. The first-order valence-electron chi connectivity index (χ1n) is 18.1. The van der Waals surface area contributed by atoms with E-state index in [1.54, 1.807) is 0 Å². The molecule has 44 heavy (non-hydrogen) atoms. The maximum atomic E-state index is 12.2. The molecule has 0 aromatic rings. The lowest BCUT2D eigenvalue weighted by atomic mass is 9.63. The van der Waals surface area contributed by atoms with Gasteiger partial charge in [0, 0.05) is 12.3 Å². The number of carbonyl (C=O) groups excluding carboxylic acids is 1. The third kappa shape index (κ3) is 8.07. The Morgan fingerprint density at radius 1 is 0.818 bits per heavy atom. The number of ketones is 1. The number of aliphatic hydroxyl groups excluding tert-OH is 1. The zero-order chi connectivity index (χ0) is 32.8. The van der Waals surface area contributed by atoms with E-state index in [2.05, 4.69) is 52.0 Å². The Kier molecular flexibility index (Phi) is 12.9. The highest BCUT2D eigenvalue weighted by Gasteiger charge is 2.48. The molecular formula is C40H66O4. The number of hydrogen-bond donors (Lipinski definition) is 3. The standard InChI is InChI=1S/C20H34O2.C20H32O2/c2*1-5-20(22,6-2)14-7-9-15(3)16-11-12-17-18(21)10-8-13-19(16,17)4/h7,11,14-15,17-18,21-22H,5-6,8-10,12-13H2,1-4H3;7,11,14-15,17,22H,5-6,8-10,12-13H2,1-4H3/b2*14-7+/t15-,17?,18-,19+;15-,17?,19+/m00/s1. The van der Waals surface area contributed by atoms with Gasteiger partial charge in [-0.3, -0.25) is 4.79 Å². The quantitative estimate of drug-likeness (QED) is 0.192. The van der Waals surface area contributed by atoms with Crippen LogP contribution in [0.15, 0.2) is 47.6 Å². The van der Waals surface area contributed by atoms with E-state index < -0.39 is 11.2 Å². The summed E-state index contributed by atoms with van der Waals surface area (Å²) in [4.78, 5) is 12.2. The molecule has 2 fully saturated rings. The van der Waals surface area contributed by atoms with Crippen LogP contribution in [0.1, 0.15) is 145 Å². The van der Waals surface area contributed by atoms with E-state index >= 15 is 0 Å². The Morgan fingerprint density at radius 2 is 1.30 bits per heavy atom. The Balaban J connectivity index is 0.000000240. The molecule has 0 amide bonds. The molecule has 2 saturated carbocycles. The first-order valence-corrected chi connectivity index (χ1v) is 18.1. The zero-order valence-electron chi connectivity index (χ0n) is 29.5. The molecule has 0 spiro atoms. The lowest BCUT2D eigenvalue weighted by Gasteiger charge is -2.43. The van der Waals surface area contributed by atoms with Gasteiger partial charge >= 0.3 is 0 Å². The SMILES string of the molecule is CCC(O)(/C=C/C[C@H](C)C1=CCC2C(=O)CCC[C@]12C)CC.CCC(O)(/C=C/C[C@H](C)C1=CCC2[C@@H](O)CCC[C@]12C)CC. The van der Waals surface area contributed by atoms with Gasteiger partial charge in [0.1, 0.15) is 5.78 Å². The van der Waals surface area contributed by atoms with Crippen molar-refractivity contribution in [2.45, 2.75) is 163 Å². The maximum absolute atomic E-state index is 12.2. The van der Waals surface area contributed by atoms with Crippen molar-refractivity contribution >= 4 is 5.78 Å². The Morgan fingerprint density at radius 3 is 1.82 bits per heavy atom. The second kappa shape index (κ2) is 15.4. The molecule has 4 aliphatic carbocycles. The molecule has 4 aliphatic rings. The topological polar surface area (TPSA) is 77.8 Å². The Hall–Kier alpha value is -1.49. The largest absolute Gasteiger partial charge is 0.393 e. The van der Waals surface area contributed by atoms with Crippen LogP contribution in [-0.2, 0) is 4.79 Å². The van der Waals surface area contributed by atoms with Crippen LogP contribution in [-0.4, -0.2) is 38.4 Å². The minimum absolute atomic E-state index is 0.0917. The van der Waals surface area contributed by atoms with E-state index in [0.29, 0.717) is 23.5 Å². The molecule has 4 nitrogen and oxygen atoms in total. The van der Waals surface area contributed by atoms with Crippen LogP contribution in [0.4, 0.5) is 0 Å².